The lowest BCUT2D eigenvalue weighted by atomic mass is 10.1. The fourth-order valence-electron chi connectivity index (χ4n) is 3.44. The van der Waals surface area contributed by atoms with E-state index in [0.29, 0.717) is 6.10 Å². The zero-order valence-corrected chi connectivity index (χ0v) is 14.9. The number of fused-ring (bicyclic) bond motifs is 1. The van der Waals surface area contributed by atoms with E-state index in [1.807, 2.05) is 12.1 Å². The van der Waals surface area contributed by atoms with Crippen LogP contribution in [-0.4, -0.2) is 42.4 Å². The molecule has 2 aromatic rings. The van der Waals surface area contributed by atoms with Crippen molar-refractivity contribution in [2.45, 2.75) is 58.0 Å². The van der Waals surface area contributed by atoms with Crippen LogP contribution in [0.1, 0.15) is 51.1 Å². The topological polar surface area (TPSA) is 38.5 Å². The summed E-state index contributed by atoms with van der Waals surface area (Å²) in [5, 5.41) is 5.39. The van der Waals surface area contributed by atoms with Gasteiger partial charge >= 0.3 is 0 Å². The third kappa shape index (κ3) is 4.81. The number of piperidine rings is 1. The molecule has 1 aromatic heterocycles. The van der Waals surface area contributed by atoms with Gasteiger partial charge in [0.1, 0.15) is 0 Å². The Kier molecular flexibility index (Phi) is 6.67. The Bertz CT molecular complexity index is 602. The Balaban J connectivity index is 1.32. The molecule has 1 aliphatic rings. The molecule has 4 heteroatoms. The van der Waals surface area contributed by atoms with E-state index in [9.17, 15) is 0 Å². The van der Waals surface area contributed by atoms with Crippen LogP contribution in [0.4, 0.5) is 0 Å². The van der Waals surface area contributed by atoms with Crippen molar-refractivity contribution in [1.82, 2.24) is 10.1 Å². The monoisotopic (exact) mass is 330 g/mol. The summed E-state index contributed by atoms with van der Waals surface area (Å²) in [6, 6.07) is 8.13. The molecule has 1 saturated heterocycles. The zero-order valence-electron chi connectivity index (χ0n) is 14.9. The number of aryl methyl sites for hydroxylation is 1. The number of likely N-dealkylation sites (tertiary alicyclic amines) is 1. The minimum atomic E-state index is 0.495. The van der Waals surface area contributed by atoms with Gasteiger partial charge in [0.05, 0.1) is 11.8 Å². The van der Waals surface area contributed by atoms with Crippen molar-refractivity contribution in [3.05, 3.63) is 30.0 Å². The van der Waals surface area contributed by atoms with Crippen LogP contribution in [0.15, 0.2) is 28.8 Å². The molecule has 0 saturated carbocycles. The number of aromatic nitrogens is 1. The van der Waals surface area contributed by atoms with Gasteiger partial charge in [-0.05, 0) is 57.2 Å². The lowest BCUT2D eigenvalue weighted by Gasteiger charge is -2.31. The van der Waals surface area contributed by atoms with E-state index >= 15 is 0 Å². The third-order valence-electron chi connectivity index (χ3n) is 4.98. The highest BCUT2D eigenvalue weighted by molar-refractivity contribution is 5.79. The molecule has 0 spiro atoms. The van der Waals surface area contributed by atoms with Crippen molar-refractivity contribution in [3.8, 4) is 0 Å². The van der Waals surface area contributed by atoms with Gasteiger partial charge in [-0.3, -0.25) is 0 Å². The average molecular weight is 330 g/mol. The molecule has 4 nitrogen and oxygen atoms in total. The highest BCUT2D eigenvalue weighted by atomic mass is 16.5. The normalized spacial score (nSPS) is 16.9. The zero-order chi connectivity index (χ0) is 16.6. The summed E-state index contributed by atoms with van der Waals surface area (Å²) in [6.45, 7) is 6.71. The van der Waals surface area contributed by atoms with Crippen LogP contribution < -0.4 is 0 Å². The second-order valence-electron chi connectivity index (χ2n) is 6.85. The van der Waals surface area contributed by atoms with Crippen molar-refractivity contribution < 1.29 is 9.26 Å². The van der Waals surface area contributed by atoms with Crippen molar-refractivity contribution in [2.24, 2.45) is 0 Å². The summed E-state index contributed by atoms with van der Waals surface area (Å²) in [6.07, 6.45) is 8.69. The summed E-state index contributed by atoms with van der Waals surface area (Å²) in [5.74, 6) is 0. The number of ether oxygens (including phenoxy) is 1. The Hall–Kier alpha value is -1.39. The Morgan fingerprint density at radius 1 is 1.17 bits per heavy atom. The van der Waals surface area contributed by atoms with Crippen molar-refractivity contribution in [1.29, 1.82) is 0 Å². The molecule has 1 aliphatic heterocycles. The fraction of sp³-hybridized carbons (Fsp3) is 0.650. The smallest absolute Gasteiger partial charge is 0.167 e. The van der Waals surface area contributed by atoms with E-state index in [1.54, 1.807) is 0 Å². The molecule has 1 aromatic carbocycles. The molecule has 3 rings (SSSR count). The van der Waals surface area contributed by atoms with Gasteiger partial charge in [0.25, 0.3) is 0 Å². The number of rotatable bonds is 9. The van der Waals surface area contributed by atoms with Crippen molar-refractivity contribution in [3.63, 3.8) is 0 Å². The number of unbranched alkanes of at least 4 members (excludes halogenated alkanes) is 2. The van der Waals surface area contributed by atoms with Gasteiger partial charge in [0.15, 0.2) is 5.58 Å². The first-order valence-corrected chi connectivity index (χ1v) is 9.54. The Morgan fingerprint density at radius 2 is 2.00 bits per heavy atom. The van der Waals surface area contributed by atoms with Crippen LogP contribution in [-0.2, 0) is 11.2 Å². The van der Waals surface area contributed by atoms with Gasteiger partial charge in [0, 0.05) is 25.1 Å². The third-order valence-corrected chi connectivity index (χ3v) is 4.98. The van der Waals surface area contributed by atoms with Gasteiger partial charge < -0.3 is 14.2 Å². The minimum Gasteiger partial charge on any atom is -0.378 e. The average Bonchev–Trinajstić information content (AvgIpc) is 3.03. The molecular formula is C20H30N2O2. The van der Waals surface area contributed by atoms with Crippen LogP contribution in [0.25, 0.3) is 11.0 Å². The maximum Gasteiger partial charge on any atom is 0.167 e. The first kappa shape index (κ1) is 17.4. The van der Waals surface area contributed by atoms with Crippen LogP contribution in [0.3, 0.4) is 0 Å². The molecular weight excluding hydrogens is 300 g/mol. The summed E-state index contributed by atoms with van der Waals surface area (Å²) >= 11 is 0. The molecule has 1 fully saturated rings. The van der Waals surface area contributed by atoms with Crippen LogP contribution >= 0.6 is 0 Å². The van der Waals surface area contributed by atoms with E-state index < -0.39 is 0 Å². The maximum atomic E-state index is 5.94. The summed E-state index contributed by atoms with van der Waals surface area (Å²) < 4.78 is 11.3. The van der Waals surface area contributed by atoms with E-state index in [2.05, 4.69) is 29.1 Å². The summed E-state index contributed by atoms with van der Waals surface area (Å²) in [7, 11) is 0. The number of hydrogen-bond acceptors (Lipinski definition) is 4. The van der Waals surface area contributed by atoms with E-state index in [0.717, 1.165) is 24.3 Å². The van der Waals surface area contributed by atoms with Gasteiger partial charge in [-0.15, -0.1) is 0 Å². The molecule has 0 N–H and O–H groups in total. The first-order valence-electron chi connectivity index (χ1n) is 9.54. The standard InChI is InChI=1S/C20H30N2O2/c1-2-3-16-23-17-11-14-22(15-12-17)13-7-6-9-19-18-8-4-5-10-20(18)24-21-19/h4-5,8,10,17H,2-3,6-7,9,11-16H2,1H3. The SMILES string of the molecule is CCCCOC1CCN(CCCCc2noc3ccccc23)CC1. The van der Waals surface area contributed by atoms with Crippen LogP contribution in [0.5, 0.6) is 0 Å². The molecule has 2 heterocycles. The summed E-state index contributed by atoms with van der Waals surface area (Å²) in [4.78, 5) is 2.58. The van der Waals surface area contributed by atoms with Crippen molar-refractivity contribution in [2.75, 3.05) is 26.2 Å². The molecule has 24 heavy (non-hydrogen) atoms. The lowest BCUT2D eigenvalue weighted by Crippen LogP contribution is -2.37. The molecule has 0 unspecified atom stereocenters. The fourth-order valence-corrected chi connectivity index (χ4v) is 3.44. The molecule has 132 valence electrons. The summed E-state index contributed by atoms with van der Waals surface area (Å²) in [5.41, 5.74) is 2.01. The Labute approximate surface area is 145 Å². The number of benzene rings is 1. The number of para-hydroxylation sites is 1. The van der Waals surface area contributed by atoms with E-state index in [-0.39, 0.29) is 0 Å². The molecule has 0 atom stereocenters. The van der Waals surface area contributed by atoms with E-state index in [1.165, 1.54) is 63.5 Å². The second-order valence-corrected chi connectivity index (χ2v) is 6.85. The number of nitrogens with zero attached hydrogens (tertiary/aromatic N) is 2. The highest BCUT2D eigenvalue weighted by Crippen LogP contribution is 2.20. The maximum absolute atomic E-state index is 5.94. The highest BCUT2D eigenvalue weighted by Gasteiger charge is 2.19. The molecule has 0 radical (unpaired) electrons. The van der Waals surface area contributed by atoms with Gasteiger partial charge in [-0.25, -0.2) is 0 Å². The molecule has 0 aliphatic carbocycles. The van der Waals surface area contributed by atoms with Gasteiger partial charge in [0.2, 0.25) is 0 Å². The predicted octanol–water partition coefficient (Wildman–Crippen LogP) is 4.43. The van der Waals surface area contributed by atoms with Crippen molar-refractivity contribution >= 4 is 11.0 Å². The van der Waals surface area contributed by atoms with Gasteiger partial charge in [-0.2, -0.15) is 0 Å². The molecule has 0 bridgehead atoms. The van der Waals surface area contributed by atoms with Crippen LogP contribution in [0, 0.1) is 0 Å². The first-order chi connectivity index (χ1) is 11.9. The van der Waals surface area contributed by atoms with Crippen LogP contribution in [0.2, 0.25) is 0 Å². The minimum absolute atomic E-state index is 0.495. The second kappa shape index (κ2) is 9.19. The predicted molar refractivity (Wildman–Crippen MR) is 97.3 cm³/mol. The Morgan fingerprint density at radius 3 is 2.83 bits per heavy atom. The largest absolute Gasteiger partial charge is 0.378 e. The molecule has 0 amide bonds. The number of hydrogen-bond donors (Lipinski definition) is 0. The lowest BCUT2D eigenvalue weighted by molar-refractivity contribution is 0.00615. The quantitative estimate of drug-likeness (QED) is 0.638. The van der Waals surface area contributed by atoms with E-state index in [4.69, 9.17) is 9.26 Å². The van der Waals surface area contributed by atoms with Gasteiger partial charge in [-0.1, -0.05) is 30.6 Å².